The molecule has 0 fully saturated rings. The van der Waals surface area contributed by atoms with E-state index in [0.717, 1.165) is 56.4 Å². The third kappa shape index (κ3) is 9.75. The van der Waals surface area contributed by atoms with E-state index in [2.05, 4.69) is 109 Å². The van der Waals surface area contributed by atoms with Gasteiger partial charge in [0, 0.05) is 20.1 Å². The highest BCUT2D eigenvalue weighted by molar-refractivity contribution is 5.75. The van der Waals surface area contributed by atoms with Gasteiger partial charge in [-0.25, -0.2) is 4.79 Å². The molecule has 0 aliphatic heterocycles. The van der Waals surface area contributed by atoms with E-state index >= 15 is 0 Å². The molecule has 6 rings (SSSR count). The molecule has 0 aromatic heterocycles. The van der Waals surface area contributed by atoms with Crippen molar-refractivity contribution in [3.63, 3.8) is 0 Å². The van der Waals surface area contributed by atoms with Crippen LogP contribution in [0.1, 0.15) is 63.0 Å². The Morgan fingerprint density at radius 3 is 1.71 bits per heavy atom. The number of esters is 1. The zero-order chi connectivity index (χ0) is 35.4. The molecule has 5 nitrogen and oxygen atoms in total. The van der Waals surface area contributed by atoms with Crippen molar-refractivity contribution < 1.29 is 19.0 Å². The maximum Gasteiger partial charge on any atom is 0.335 e. The highest BCUT2D eigenvalue weighted by Gasteiger charge is 2.27. The number of likely N-dealkylation sites (N-methyl/N-ethyl adjacent to an activating group) is 1. The average Bonchev–Trinajstić information content (AvgIpc) is 3.33. The lowest BCUT2D eigenvalue weighted by Gasteiger charge is -2.31. The molecule has 0 heterocycles. The van der Waals surface area contributed by atoms with Crippen molar-refractivity contribution in [1.29, 1.82) is 0 Å². The summed E-state index contributed by atoms with van der Waals surface area (Å²) in [6, 6.07) is 44.0. The third-order valence-electron chi connectivity index (χ3n) is 10.1. The minimum Gasteiger partial charge on any atom is -0.492 e. The highest BCUT2D eigenvalue weighted by atomic mass is 16.6. The van der Waals surface area contributed by atoms with Crippen molar-refractivity contribution in [3.05, 3.63) is 171 Å². The second-order valence-electron chi connectivity index (χ2n) is 13.6. The van der Waals surface area contributed by atoms with Crippen LogP contribution in [0.4, 0.5) is 0 Å². The molecule has 0 amide bonds. The summed E-state index contributed by atoms with van der Waals surface area (Å²) in [4.78, 5) is 14.6. The van der Waals surface area contributed by atoms with Crippen molar-refractivity contribution in [2.75, 3.05) is 33.9 Å². The molecule has 1 aliphatic rings. The average molecular weight is 682 g/mol. The van der Waals surface area contributed by atoms with Crippen LogP contribution in [0.2, 0.25) is 0 Å². The SMILES string of the molecule is CCOC(=O)C(Cc1ccc(OCCN(C)C2c3ccc(CCc4ccccc4)cc3CCc3cc(CCc4ccccc4)ccc32)cc1)OC. The number of benzene rings is 5. The molecule has 0 spiro atoms. The fourth-order valence-corrected chi connectivity index (χ4v) is 7.24. The zero-order valence-corrected chi connectivity index (χ0v) is 30.4. The van der Waals surface area contributed by atoms with Gasteiger partial charge < -0.3 is 14.2 Å². The van der Waals surface area contributed by atoms with Gasteiger partial charge in [-0.15, -0.1) is 0 Å². The number of hydrogen-bond acceptors (Lipinski definition) is 5. The standard InChI is InChI=1S/C46H51NO4/c1-4-50-46(48)44(49-3)33-38-19-25-41(26-20-38)51-30-29-47(2)45-42-27-21-36(17-15-34-11-7-5-8-12-34)31-39(42)23-24-40-32-37(22-28-43(40)45)18-16-35-13-9-6-10-14-35/h5-14,19-22,25-28,31-32,44-45H,4,15-18,23-24,29-30,33H2,1-3H3. The van der Waals surface area contributed by atoms with Gasteiger partial charge >= 0.3 is 5.97 Å². The van der Waals surface area contributed by atoms with Gasteiger partial charge in [-0.2, -0.15) is 0 Å². The molecule has 0 N–H and O–H groups in total. The third-order valence-corrected chi connectivity index (χ3v) is 10.1. The Morgan fingerprint density at radius 2 is 1.20 bits per heavy atom. The molecule has 1 aliphatic carbocycles. The lowest BCUT2D eigenvalue weighted by atomic mass is 9.90. The molecule has 0 bridgehead atoms. The van der Waals surface area contributed by atoms with Gasteiger partial charge in [0.25, 0.3) is 0 Å². The van der Waals surface area contributed by atoms with Crippen molar-refractivity contribution in [2.24, 2.45) is 0 Å². The van der Waals surface area contributed by atoms with E-state index in [1.54, 1.807) is 6.92 Å². The molecule has 264 valence electrons. The van der Waals surface area contributed by atoms with Crippen LogP contribution in [0.25, 0.3) is 0 Å². The van der Waals surface area contributed by atoms with Crippen LogP contribution < -0.4 is 4.74 Å². The Morgan fingerprint density at radius 1 is 0.686 bits per heavy atom. The molecule has 5 aromatic rings. The molecule has 0 saturated heterocycles. The number of aryl methyl sites for hydroxylation is 6. The normalized spacial score (nSPS) is 13.3. The van der Waals surface area contributed by atoms with Crippen LogP contribution in [0.15, 0.2) is 121 Å². The topological polar surface area (TPSA) is 48.0 Å². The Hall–Kier alpha value is -4.71. The van der Waals surface area contributed by atoms with Gasteiger partial charge in [-0.3, -0.25) is 4.90 Å². The molecular weight excluding hydrogens is 631 g/mol. The predicted molar refractivity (Wildman–Crippen MR) is 206 cm³/mol. The van der Waals surface area contributed by atoms with Gasteiger partial charge in [0.1, 0.15) is 12.4 Å². The van der Waals surface area contributed by atoms with Crippen LogP contribution in [0, 0.1) is 0 Å². The zero-order valence-electron chi connectivity index (χ0n) is 30.4. The van der Waals surface area contributed by atoms with Gasteiger partial charge in [-0.05, 0) is 115 Å². The van der Waals surface area contributed by atoms with Crippen LogP contribution >= 0.6 is 0 Å². The maximum absolute atomic E-state index is 12.2. The van der Waals surface area contributed by atoms with E-state index in [1.807, 2.05) is 24.3 Å². The van der Waals surface area contributed by atoms with Crippen LogP contribution in [0.5, 0.6) is 5.75 Å². The largest absolute Gasteiger partial charge is 0.492 e. The summed E-state index contributed by atoms with van der Waals surface area (Å²) in [5.74, 6) is 0.474. The second-order valence-corrected chi connectivity index (χ2v) is 13.6. The van der Waals surface area contributed by atoms with Gasteiger partial charge in [-0.1, -0.05) is 109 Å². The Kier molecular flexibility index (Phi) is 12.7. The van der Waals surface area contributed by atoms with E-state index in [4.69, 9.17) is 14.2 Å². The van der Waals surface area contributed by atoms with Crippen molar-refractivity contribution in [3.8, 4) is 5.75 Å². The number of ether oxygens (including phenoxy) is 3. The summed E-state index contributed by atoms with van der Waals surface area (Å²) >= 11 is 0. The monoisotopic (exact) mass is 681 g/mol. The number of rotatable bonds is 16. The first-order valence-corrected chi connectivity index (χ1v) is 18.4. The van der Waals surface area contributed by atoms with Crippen LogP contribution in [0.3, 0.4) is 0 Å². The Balaban J connectivity index is 1.16. The molecule has 0 saturated carbocycles. The smallest absolute Gasteiger partial charge is 0.335 e. The van der Waals surface area contributed by atoms with E-state index < -0.39 is 6.10 Å². The summed E-state index contributed by atoms with van der Waals surface area (Å²) in [6.07, 6.45) is 6.09. The van der Waals surface area contributed by atoms with Gasteiger partial charge in [0.05, 0.1) is 12.6 Å². The number of carbonyl (C=O) groups is 1. The summed E-state index contributed by atoms with van der Waals surface area (Å²) in [7, 11) is 3.76. The quantitative estimate of drug-likeness (QED) is 0.0977. The van der Waals surface area contributed by atoms with E-state index in [0.29, 0.717) is 19.6 Å². The maximum atomic E-state index is 12.2. The van der Waals surface area contributed by atoms with Gasteiger partial charge in [0.15, 0.2) is 6.10 Å². The van der Waals surface area contributed by atoms with E-state index in [9.17, 15) is 4.79 Å². The molecule has 5 heteroatoms. The Bertz CT molecular complexity index is 1740. The minimum atomic E-state index is -0.615. The molecule has 0 radical (unpaired) electrons. The highest BCUT2D eigenvalue weighted by Crippen LogP contribution is 2.37. The number of nitrogens with zero attached hydrogens (tertiary/aromatic N) is 1. The number of methoxy groups -OCH3 is 1. The number of hydrogen-bond donors (Lipinski definition) is 0. The first-order chi connectivity index (χ1) is 25.0. The number of fused-ring (bicyclic) bond motifs is 2. The summed E-state index contributed by atoms with van der Waals surface area (Å²) in [6.45, 7) is 3.47. The van der Waals surface area contributed by atoms with Crippen molar-refractivity contribution >= 4 is 5.97 Å². The molecule has 1 unspecified atom stereocenters. The first-order valence-electron chi connectivity index (χ1n) is 18.4. The summed E-state index contributed by atoms with van der Waals surface area (Å²) in [5.41, 5.74) is 12.3. The van der Waals surface area contributed by atoms with Crippen molar-refractivity contribution in [1.82, 2.24) is 4.90 Å². The molecular formula is C46H51NO4. The first kappa shape index (κ1) is 36.1. The molecule has 1 atom stereocenters. The summed E-state index contributed by atoms with van der Waals surface area (Å²) in [5, 5.41) is 0. The fraction of sp³-hybridized carbons (Fsp3) is 0.326. The second kappa shape index (κ2) is 18.0. The lowest BCUT2D eigenvalue weighted by molar-refractivity contribution is -0.154. The Labute approximate surface area is 304 Å². The summed E-state index contributed by atoms with van der Waals surface area (Å²) < 4.78 is 16.8. The minimum absolute atomic E-state index is 0.142. The fourth-order valence-electron chi connectivity index (χ4n) is 7.24. The van der Waals surface area contributed by atoms with Crippen LogP contribution in [-0.2, 0) is 59.2 Å². The predicted octanol–water partition coefficient (Wildman–Crippen LogP) is 8.58. The molecule has 5 aromatic carbocycles. The number of carbonyl (C=O) groups excluding carboxylic acids is 1. The van der Waals surface area contributed by atoms with E-state index in [-0.39, 0.29) is 12.0 Å². The molecule has 51 heavy (non-hydrogen) atoms. The van der Waals surface area contributed by atoms with E-state index in [1.165, 1.54) is 51.6 Å². The lowest BCUT2D eigenvalue weighted by Crippen LogP contribution is -2.30. The van der Waals surface area contributed by atoms with Crippen molar-refractivity contribution in [2.45, 2.75) is 64.0 Å². The van der Waals surface area contributed by atoms with Crippen LogP contribution in [-0.4, -0.2) is 50.9 Å². The van der Waals surface area contributed by atoms with Gasteiger partial charge in [0.2, 0.25) is 0 Å².